The van der Waals surface area contributed by atoms with E-state index in [-0.39, 0.29) is 0 Å². The Morgan fingerprint density at radius 2 is 1.58 bits per heavy atom. The molecule has 128 valence electrons. The molecule has 0 aliphatic rings. The van der Waals surface area contributed by atoms with Gasteiger partial charge in [-0.1, -0.05) is 36.4 Å². The summed E-state index contributed by atoms with van der Waals surface area (Å²) < 4.78 is 7.13. The van der Waals surface area contributed by atoms with E-state index in [4.69, 9.17) is 9.72 Å². The molecule has 0 radical (unpaired) electrons. The number of aromatic nitrogens is 1. The molecule has 0 spiro atoms. The van der Waals surface area contributed by atoms with Crippen molar-refractivity contribution in [2.75, 3.05) is 0 Å². The first-order valence-corrected chi connectivity index (χ1v) is 9.38. The summed E-state index contributed by atoms with van der Waals surface area (Å²) in [6.45, 7) is 4.27. The lowest BCUT2D eigenvalue weighted by molar-refractivity contribution is 0.482. The van der Waals surface area contributed by atoms with Crippen LogP contribution in [-0.4, -0.2) is 4.98 Å². The van der Waals surface area contributed by atoms with Gasteiger partial charge in [-0.15, -0.1) is 11.3 Å². The molecule has 3 aromatic carbocycles. The number of thiazole rings is 1. The second kappa shape index (κ2) is 7.14. The van der Waals surface area contributed by atoms with Crippen molar-refractivity contribution in [2.45, 2.75) is 13.8 Å². The number of hydrogen-bond donors (Lipinski definition) is 0. The average Bonchev–Trinajstić information content (AvgIpc) is 3.03. The van der Waals surface area contributed by atoms with Gasteiger partial charge in [0.25, 0.3) is 0 Å². The van der Waals surface area contributed by atoms with E-state index in [1.807, 2.05) is 48.5 Å². The van der Waals surface area contributed by atoms with Gasteiger partial charge in [-0.2, -0.15) is 0 Å². The van der Waals surface area contributed by atoms with Gasteiger partial charge in [-0.05, 0) is 73.0 Å². The maximum atomic E-state index is 5.90. The van der Waals surface area contributed by atoms with Crippen molar-refractivity contribution in [1.29, 1.82) is 0 Å². The fraction of sp³-hybridized carbons (Fsp3) is 0.0870. The standard InChI is InChI=1S/C23H19NOS/c1-16-13-21-22(14-17(16)2)26-23(24-21)12-11-18-7-6-10-20(15-18)25-19-8-4-3-5-9-19/h3-15H,1-2H3. The smallest absolute Gasteiger partial charge is 0.128 e. The topological polar surface area (TPSA) is 22.1 Å². The van der Waals surface area contributed by atoms with Crippen LogP contribution in [0.1, 0.15) is 21.7 Å². The van der Waals surface area contributed by atoms with E-state index in [9.17, 15) is 0 Å². The third-order valence-electron chi connectivity index (χ3n) is 4.28. The number of nitrogens with zero attached hydrogens (tertiary/aromatic N) is 1. The molecule has 0 fully saturated rings. The number of hydrogen-bond acceptors (Lipinski definition) is 3. The zero-order valence-electron chi connectivity index (χ0n) is 14.8. The van der Waals surface area contributed by atoms with Crippen molar-refractivity contribution in [3.63, 3.8) is 0 Å². The first-order valence-electron chi connectivity index (χ1n) is 8.56. The highest BCUT2D eigenvalue weighted by atomic mass is 32.1. The fourth-order valence-corrected chi connectivity index (χ4v) is 3.69. The third kappa shape index (κ3) is 3.68. The monoisotopic (exact) mass is 357 g/mol. The van der Waals surface area contributed by atoms with Gasteiger partial charge in [-0.25, -0.2) is 4.98 Å². The van der Waals surface area contributed by atoms with Gasteiger partial charge in [0, 0.05) is 0 Å². The summed E-state index contributed by atoms with van der Waals surface area (Å²) >= 11 is 1.72. The van der Waals surface area contributed by atoms with Crippen LogP contribution < -0.4 is 4.74 Å². The molecule has 0 amide bonds. The summed E-state index contributed by atoms with van der Waals surface area (Å²) in [5, 5.41) is 1.01. The van der Waals surface area contributed by atoms with Gasteiger partial charge in [0.15, 0.2) is 0 Å². The summed E-state index contributed by atoms with van der Waals surface area (Å²) in [4.78, 5) is 4.72. The number of rotatable bonds is 4. The van der Waals surface area contributed by atoms with Crippen molar-refractivity contribution in [1.82, 2.24) is 4.98 Å². The van der Waals surface area contributed by atoms with Crippen molar-refractivity contribution < 1.29 is 4.74 Å². The molecule has 3 heteroatoms. The SMILES string of the molecule is Cc1cc2nc(C=Cc3cccc(Oc4ccccc4)c3)sc2cc1C. The van der Waals surface area contributed by atoms with Crippen molar-refractivity contribution >= 4 is 33.7 Å². The molecule has 1 heterocycles. The minimum absolute atomic E-state index is 0.828. The van der Waals surface area contributed by atoms with Crippen LogP contribution in [-0.2, 0) is 0 Å². The first kappa shape index (κ1) is 16.6. The van der Waals surface area contributed by atoms with Crippen molar-refractivity contribution in [2.24, 2.45) is 0 Å². The molecule has 0 bridgehead atoms. The molecule has 2 nitrogen and oxygen atoms in total. The Bertz CT molecular complexity index is 1040. The normalized spacial score (nSPS) is 11.3. The molecule has 0 saturated heterocycles. The van der Waals surface area contributed by atoms with Crippen LogP contribution in [0.2, 0.25) is 0 Å². The predicted octanol–water partition coefficient (Wildman–Crippen LogP) is 6.88. The maximum absolute atomic E-state index is 5.90. The van der Waals surface area contributed by atoms with Gasteiger partial charge in [0.2, 0.25) is 0 Å². The number of ether oxygens (including phenoxy) is 1. The number of benzene rings is 3. The maximum Gasteiger partial charge on any atom is 0.128 e. The lowest BCUT2D eigenvalue weighted by atomic mass is 10.1. The number of fused-ring (bicyclic) bond motifs is 1. The molecule has 0 N–H and O–H groups in total. The van der Waals surface area contributed by atoms with Gasteiger partial charge >= 0.3 is 0 Å². The van der Waals surface area contributed by atoms with E-state index in [0.29, 0.717) is 0 Å². The Morgan fingerprint density at radius 3 is 2.42 bits per heavy atom. The molecule has 0 aliphatic carbocycles. The fourth-order valence-electron chi connectivity index (χ4n) is 2.74. The highest BCUT2D eigenvalue weighted by molar-refractivity contribution is 7.19. The zero-order valence-corrected chi connectivity index (χ0v) is 15.6. The minimum atomic E-state index is 0.828. The zero-order chi connectivity index (χ0) is 17.9. The number of aryl methyl sites for hydroxylation is 2. The Labute approximate surface area is 157 Å². The lowest BCUT2D eigenvalue weighted by Gasteiger charge is -2.05. The summed E-state index contributed by atoms with van der Waals surface area (Å²) in [5.74, 6) is 1.67. The molecule has 0 aliphatic heterocycles. The molecule has 26 heavy (non-hydrogen) atoms. The Kier molecular flexibility index (Phi) is 4.55. The van der Waals surface area contributed by atoms with Gasteiger partial charge in [0.1, 0.15) is 16.5 Å². The van der Waals surface area contributed by atoms with E-state index in [0.717, 1.165) is 27.6 Å². The third-order valence-corrected chi connectivity index (χ3v) is 5.26. The molecule has 0 unspecified atom stereocenters. The Morgan fingerprint density at radius 1 is 0.808 bits per heavy atom. The van der Waals surface area contributed by atoms with E-state index in [1.54, 1.807) is 11.3 Å². The van der Waals surface area contributed by atoms with Crippen LogP contribution in [0.5, 0.6) is 11.5 Å². The molecule has 0 saturated carbocycles. The predicted molar refractivity (Wildman–Crippen MR) is 111 cm³/mol. The van der Waals surface area contributed by atoms with Crippen molar-refractivity contribution in [3.05, 3.63) is 88.4 Å². The van der Waals surface area contributed by atoms with E-state index < -0.39 is 0 Å². The van der Waals surface area contributed by atoms with Crippen LogP contribution in [0.3, 0.4) is 0 Å². The van der Waals surface area contributed by atoms with Crippen LogP contribution in [0.25, 0.3) is 22.4 Å². The first-order chi connectivity index (χ1) is 12.7. The van der Waals surface area contributed by atoms with E-state index >= 15 is 0 Å². The summed E-state index contributed by atoms with van der Waals surface area (Å²) in [6.07, 6.45) is 4.15. The second-order valence-corrected chi connectivity index (χ2v) is 7.34. The number of para-hydroxylation sites is 1. The van der Waals surface area contributed by atoms with E-state index in [1.165, 1.54) is 15.8 Å². The van der Waals surface area contributed by atoms with Crippen LogP contribution >= 0.6 is 11.3 Å². The summed E-state index contributed by atoms with van der Waals surface area (Å²) in [6, 6.07) is 22.3. The van der Waals surface area contributed by atoms with Crippen molar-refractivity contribution in [3.8, 4) is 11.5 Å². The molecule has 4 rings (SSSR count). The largest absolute Gasteiger partial charge is 0.457 e. The molecule has 0 atom stereocenters. The highest BCUT2D eigenvalue weighted by Gasteiger charge is 2.04. The molecule has 1 aromatic heterocycles. The average molecular weight is 357 g/mol. The summed E-state index contributed by atoms with van der Waals surface area (Å²) in [7, 11) is 0. The molecular weight excluding hydrogens is 338 g/mol. The quantitative estimate of drug-likeness (QED) is 0.397. The second-order valence-electron chi connectivity index (χ2n) is 6.28. The molecule has 4 aromatic rings. The van der Waals surface area contributed by atoms with Gasteiger partial charge < -0.3 is 4.74 Å². The van der Waals surface area contributed by atoms with Gasteiger partial charge in [0.05, 0.1) is 10.2 Å². The minimum Gasteiger partial charge on any atom is -0.457 e. The van der Waals surface area contributed by atoms with E-state index in [2.05, 4.69) is 44.2 Å². The van der Waals surface area contributed by atoms with Crippen LogP contribution in [0.4, 0.5) is 0 Å². The van der Waals surface area contributed by atoms with Gasteiger partial charge in [-0.3, -0.25) is 0 Å². The van der Waals surface area contributed by atoms with Crippen LogP contribution in [0.15, 0.2) is 66.7 Å². The van der Waals surface area contributed by atoms with Crippen LogP contribution in [0, 0.1) is 13.8 Å². The lowest BCUT2D eigenvalue weighted by Crippen LogP contribution is -1.83. The molecular formula is C23H19NOS. The Hall–Kier alpha value is -2.91. The Balaban J connectivity index is 1.56. The summed E-state index contributed by atoms with van der Waals surface area (Å²) in [5.41, 5.74) is 4.75. The highest BCUT2D eigenvalue weighted by Crippen LogP contribution is 2.27.